The van der Waals surface area contributed by atoms with E-state index in [1.54, 1.807) is 7.05 Å². The van der Waals surface area contributed by atoms with Gasteiger partial charge in [-0.1, -0.05) is 6.07 Å². The number of hydrogen-bond acceptors (Lipinski definition) is 4. The first-order chi connectivity index (χ1) is 11.4. The molecule has 0 amide bonds. The van der Waals surface area contributed by atoms with E-state index in [4.69, 9.17) is 9.47 Å². The summed E-state index contributed by atoms with van der Waals surface area (Å²) in [6.07, 6.45) is 0. The van der Waals surface area contributed by atoms with Crippen molar-refractivity contribution in [2.45, 2.75) is 32.9 Å². The summed E-state index contributed by atoms with van der Waals surface area (Å²) in [5, 5.41) is 6.84. The zero-order valence-corrected chi connectivity index (χ0v) is 15.5. The normalized spacial score (nSPS) is 14.5. The van der Waals surface area contributed by atoms with Gasteiger partial charge in [-0.3, -0.25) is 4.99 Å². The lowest BCUT2D eigenvalue weighted by Gasteiger charge is -2.25. The maximum Gasteiger partial charge on any atom is 0.193 e. The lowest BCUT2D eigenvalue weighted by Crippen LogP contribution is -2.44. The average Bonchev–Trinajstić information content (AvgIpc) is 2.53. The third-order valence-corrected chi connectivity index (χ3v) is 3.66. The Bertz CT molecular complexity index is 567. The molecule has 2 rings (SSSR count). The lowest BCUT2D eigenvalue weighted by molar-refractivity contribution is 0.171. The third-order valence-electron chi connectivity index (χ3n) is 3.66. The fourth-order valence-electron chi connectivity index (χ4n) is 2.53. The van der Waals surface area contributed by atoms with Crippen LogP contribution in [0.4, 0.5) is 0 Å². The second kappa shape index (κ2) is 8.24. The van der Waals surface area contributed by atoms with E-state index >= 15 is 0 Å². The standard InChI is InChI=1S/C18H30N4O2/c1-18(2,3)21-9-8-20-17(19-4)22(5)13-14-6-7-15-16(12-14)24-11-10-23-15/h6-7,12,21H,8-11,13H2,1-5H3,(H,19,20). The maximum absolute atomic E-state index is 5.65. The van der Waals surface area contributed by atoms with E-state index in [2.05, 4.69) is 47.4 Å². The van der Waals surface area contributed by atoms with Crippen LogP contribution in [0.1, 0.15) is 26.3 Å². The Morgan fingerprint density at radius 3 is 2.54 bits per heavy atom. The van der Waals surface area contributed by atoms with Gasteiger partial charge in [0.1, 0.15) is 13.2 Å². The molecule has 0 bridgehead atoms. The number of fused-ring (bicyclic) bond motifs is 1. The molecule has 2 N–H and O–H groups in total. The Hall–Kier alpha value is -1.95. The van der Waals surface area contributed by atoms with Gasteiger partial charge in [-0.25, -0.2) is 0 Å². The highest BCUT2D eigenvalue weighted by atomic mass is 16.6. The quantitative estimate of drug-likeness (QED) is 0.489. The molecule has 0 saturated heterocycles. The number of benzene rings is 1. The minimum Gasteiger partial charge on any atom is -0.486 e. The number of hydrogen-bond donors (Lipinski definition) is 2. The van der Waals surface area contributed by atoms with Crippen LogP contribution in [0.25, 0.3) is 0 Å². The summed E-state index contributed by atoms with van der Waals surface area (Å²) in [6, 6.07) is 6.08. The van der Waals surface area contributed by atoms with Crippen molar-refractivity contribution in [2.75, 3.05) is 40.4 Å². The monoisotopic (exact) mass is 334 g/mol. The minimum atomic E-state index is 0.127. The summed E-state index contributed by atoms with van der Waals surface area (Å²) in [5.74, 6) is 2.52. The van der Waals surface area contributed by atoms with Gasteiger partial charge < -0.3 is 25.0 Å². The number of guanidine groups is 1. The molecule has 24 heavy (non-hydrogen) atoms. The van der Waals surface area contributed by atoms with E-state index in [0.717, 1.165) is 42.7 Å². The molecule has 0 atom stereocenters. The molecule has 1 heterocycles. The van der Waals surface area contributed by atoms with Gasteiger partial charge in [-0.15, -0.1) is 0 Å². The molecule has 0 aromatic heterocycles. The number of nitrogens with one attached hydrogen (secondary N) is 2. The van der Waals surface area contributed by atoms with E-state index in [0.29, 0.717) is 13.2 Å². The molecule has 0 unspecified atom stereocenters. The van der Waals surface area contributed by atoms with Gasteiger partial charge in [-0.05, 0) is 38.5 Å². The summed E-state index contributed by atoms with van der Waals surface area (Å²) in [6.45, 7) is 10.2. The van der Waals surface area contributed by atoms with Gasteiger partial charge in [0.25, 0.3) is 0 Å². The second-order valence-electron chi connectivity index (χ2n) is 6.98. The minimum absolute atomic E-state index is 0.127. The topological polar surface area (TPSA) is 58.1 Å². The Kier molecular flexibility index (Phi) is 6.31. The lowest BCUT2D eigenvalue weighted by atomic mass is 10.1. The van der Waals surface area contributed by atoms with Gasteiger partial charge in [0.2, 0.25) is 0 Å². The van der Waals surface area contributed by atoms with Gasteiger partial charge in [0.05, 0.1) is 0 Å². The Morgan fingerprint density at radius 1 is 1.17 bits per heavy atom. The van der Waals surface area contributed by atoms with Crippen molar-refractivity contribution >= 4 is 5.96 Å². The summed E-state index contributed by atoms with van der Waals surface area (Å²) >= 11 is 0. The molecule has 1 aliphatic rings. The fraction of sp³-hybridized carbons (Fsp3) is 0.611. The Morgan fingerprint density at radius 2 is 1.88 bits per heavy atom. The zero-order valence-electron chi connectivity index (χ0n) is 15.5. The van der Waals surface area contributed by atoms with E-state index in [1.807, 2.05) is 19.2 Å². The third kappa shape index (κ3) is 5.60. The van der Waals surface area contributed by atoms with Crippen LogP contribution in [-0.2, 0) is 6.54 Å². The maximum atomic E-state index is 5.65. The largest absolute Gasteiger partial charge is 0.486 e. The molecule has 6 heteroatoms. The molecular weight excluding hydrogens is 304 g/mol. The smallest absolute Gasteiger partial charge is 0.193 e. The molecule has 0 fully saturated rings. The number of aliphatic imine (C=N–C) groups is 1. The zero-order chi connectivity index (χ0) is 17.6. The molecule has 1 aliphatic heterocycles. The molecule has 1 aromatic rings. The van der Waals surface area contributed by atoms with Crippen LogP contribution < -0.4 is 20.1 Å². The van der Waals surface area contributed by atoms with Crippen LogP contribution in [0.15, 0.2) is 23.2 Å². The summed E-state index contributed by atoms with van der Waals surface area (Å²) in [4.78, 5) is 6.45. The highest BCUT2D eigenvalue weighted by Gasteiger charge is 2.14. The van der Waals surface area contributed by atoms with Crippen LogP contribution in [-0.4, -0.2) is 56.8 Å². The van der Waals surface area contributed by atoms with E-state index in [1.165, 1.54) is 0 Å². The van der Waals surface area contributed by atoms with Crippen LogP contribution in [0.2, 0.25) is 0 Å². The van der Waals surface area contributed by atoms with Gasteiger partial charge in [0, 0.05) is 39.3 Å². The van der Waals surface area contributed by atoms with Crippen LogP contribution in [0.3, 0.4) is 0 Å². The fourth-order valence-corrected chi connectivity index (χ4v) is 2.53. The first-order valence-electron chi connectivity index (χ1n) is 8.44. The summed E-state index contributed by atoms with van der Waals surface area (Å²) in [5.41, 5.74) is 1.29. The first kappa shape index (κ1) is 18.4. The second-order valence-corrected chi connectivity index (χ2v) is 6.98. The Labute approximate surface area is 145 Å². The van der Waals surface area contributed by atoms with Gasteiger partial charge >= 0.3 is 0 Å². The summed E-state index contributed by atoms with van der Waals surface area (Å²) in [7, 11) is 3.84. The number of ether oxygens (including phenoxy) is 2. The molecule has 0 radical (unpaired) electrons. The van der Waals surface area contributed by atoms with Crippen molar-refractivity contribution in [3.63, 3.8) is 0 Å². The predicted molar refractivity (Wildman–Crippen MR) is 98.0 cm³/mol. The van der Waals surface area contributed by atoms with Crippen molar-refractivity contribution in [3.8, 4) is 11.5 Å². The molecule has 1 aromatic carbocycles. The SMILES string of the molecule is CN=C(NCCNC(C)(C)C)N(C)Cc1ccc2c(c1)OCCO2. The van der Waals surface area contributed by atoms with E-state index < -0.39 is 0 Å². The molecule has 0 aliphatic carbocycles. The highest BCUT2D eigenvalue weighted by Crippen LogP contribution is 2.30. The molecule has 6 nitrogen and oxygen atoms in total. The average molecular weight is 334 g/mol. The first-order valence-corrected chi connectivity index (χ1v) is 8.44. The predicted octanol–water partition coefficient (Wildman–Crippen LogP) is 1.85. The number of nitrogens with zero attached hydrogens (tertiary/aromatic N) is 2. The highest BCUT2D eigenvalue weighted by molar-refractivity contribution is 5.79. The van der Waals surface area contributed by atoms with E-state index in [-0.39, 0.29) is 5.54 Å². The van der Waals surface area contributed by atoms with Crippen LogP contribution in [0, 0.1) is 0 Å². The van der Waals surface area contributed by atoms with Gasteiger partial charge in [-0.2, -0.15) is 0 Å². The van der Waals surface area contributed by atoms with Crippen molar-refractivity contribution in [3.05, 3.63) is 23.8 Å². The van der Waals surface area contributed by atoms with Crippen molar-refractivity contribution in [1.29, 1.82) is 0 Å². The summed E-state index contributed by atoms with van der Waals surface area (Å²) < 4.78 is 11.2. The van der Waals surface area contributed by atoms with E-state index in [9.17, 15) is 0 Å². The Balaban J connectivity index is 1.86. The van der Waals surface area contributed by atoms with Gasteiger partial charge in [0.15, 0.2) is 17.5 Å². The van der Waals surface area contributed by atoms with Crippen LogP contribution >= 0.6 is 0 Å². The molecular formula is C18H30N4O2. The van der Waals surface area contributed by atoms with Crippen molar-refractivity contribution in [1.82, 2.24) is 15.5 Å². The molecule has 0 spiro atoms. The molecule has 0 saturated carbocycles. The number of rotatable bonds is 5. The molecule has 134 valence electrons. The van der Waals surface area contributed by atoms with Crippen molar-refractivity contribution < 1.29 is 9.47 Å². The van der Waals surface area contributed by atoms with Crippen molar-refractivity contribution in [2.24, 2.45) is 4.99 Å². The van der Waals surface area contributed by atoms with Crippen LogP contribution in [0.5, 0.6) is 11.5 Å².